The standard InChI is InChI=1S/C24H19ClN2O2/c1-2-29-24(28)23-21(17-13-15-19(25)16-14-17)22(18-9-5-3-6-10-18)26-27(23)20-11-7-4-8-12-20/h3-16H,2H2,1H3. The molecule has 0 N–H and O–H groups in total. The van der Waals surface area contributed by atoms with E-state index in [0.29, 0.717) is 16.4 Å². The van der Waals surface area contributed by atoms with Crippen LogP contribution in [0.1, 0.15) is 17.4 Å². The number of nitrogens with zero attached hydrogens (tertiary/aromatic N) is 2. The maximum absolute atomic E-state index is 13.0. The van der Waals surface area contributed by atoms with Crippen molar-refractivity contribution in [3.8, 4) is 28.1 Å². The zero-order valence-corrected chi connectivity index (χ0v) is 16.6. The van der Waals surface area contributed by atoms with E-state index in [1.165, 1.54) is 0 Å². The highest BCUT2D eigenvalue weighted by Crippen LogP contribution is 2.36. The van der Waals surface area contributed by atoms with Crippen molar-refractivity contribution in [3.05, 3.63) is 95.6 Å². The Labute approximate surface area is 174 Å². The van der Waals surface area contributed by atoms with E-state index >= 15 is 0 Å². The Balaban J connectivity index is 2.05. The summed E-state index contributed by atoms with van der Waals surface area (Å²) in [6.45, 7) is 2.07. The maximum atomic E-state index is 13.0. The lowest BCUT2D eigenvalue weighted by Gasteiger charge is -2.09. The summed E-state index contributed by atoms with van der Waals surface area (Å²) in [4.78, 5) is 13.0. The summed E-state index contributed by atoms with van der Waals surface area (Å²) < 4.78 is 7.06. The molecule has 0 saturated heterocycles. The van der Waals surface area contributed by atoms with Crippen molar-refractivity contribution < 1.29 is 9.53 Å². The lowest BCUT2D eigenvalue weighted by molar-refractivity contribution is 0.0516. The van der Waals surface area contributed by atoms with Gasteiger partial charge in [0.15, 0.2) is 5.69 Å². The zero-order valence-electron chi connectivity index (χ0n) is 15.9. The lowest BCUT2D eigenvalue weighted by Crippen LogP contribution is -2.13. The third-order valence-electron chi connectivity index (χ3n) is 4.54. The Hall–Kier alpha value is -3.37. The largest absolute Gasteiger partial charge is 0.461 e. The van der Waals surface area contributed by atoms with Crippen LogP contribution in [-0.4, -0.2) is 22.4 Å². The molecule has 0 amide bonds. The van der Waals surface area contributed by atoms with Crippen molar-refractivity contribution in [1.82, 2.24) is 9.78 Å². The number of aromatic nitrogens is 2. The number of rotatable bonds is 5. The number of halogens is 1. The molecule has 29 heavy (non-hydrogen) atoms. The van der Waals surface area contributed by atoms with Gasteiger partial charge in [0.25, 0.3) is 0 Å². The van der Waals surface area contributed by atoms with Crippen molar-refractivity contribution in [1.29, 1.82) is 0 Å². The molecule has 1 aromatic heterocycles. The number of hydrogen-bond donors (Lipinski definition) is 0. The number of hydrogen-bond acceptors (Lipinski definition) is 3. The second-order valence-corrected chi connectivity index (χ2v) is 6.85. The number of carbonyl (C=O) groups excluding carboxylic acids is 1. The minimum Gasteiger partial charge on any atom is -0.461 e. The summed E-state index contributed by atoms with van der Waals surface area (Å²) in [5.41, 5.74) is 4.36. The van der Waals surface area contributed by atoms with Crippen LogP contribution in [-0.2, 0) is 4.74 Å². The Morgan fingerprint density at radius 2 is 1.52 bits per heavy atom. The summed E-state index contributed by atoms with van der Waals surface area (Å²) in [7, 11) is 0. The van der Waals surface area contributed by atoms with Gasteiger partial charge in [-0.25, -0.2) is 9.48 Å². The summed E-state index contributed by atoms with van der Waals surface area (Å²) in [5, 5.41) is 5.46. The third-order valence-corrected chi connectivity index (χ3v) is 4.79. The molecular formula is C24H19ClN2O2. The molecule has 0 aliphatic heterocycles. The van der Waals surface area contributed by atoms with Gasteiger partial charge in [0, 0.05) is 16.1 Å². The molecular weight excluding hydrogens is 384 g/mol. The first-order valence-corrected chi connectivity index (χ1v) is 9.73. The van der Waals surface area contributed by atoms with E-state index in [-0.39, 0.29) is 6.61 Å². The van der Waals surface area contributed by atoms with Crippen molar-refractivity contribution in [2.24, 2.45) is 0 Å². The molecule has 0 aliphatic rings. The van der Waals surface area contributed by atoms with Crippen LogP contribution in [0.3, 0.4) is 0 Å². The van der Waals surface area contributed by atoms with Gasteiger partial charge in [-0.05, 0) is 36.8 Å². The normalized spacial score (nSPS) is 10.7. The number of esters is 1. The highest BCUT2D eigenvalue weighted by Gasteiger charge is 2.27. The molecule has 4 aromatic rings. The smallest absolute Gasteiger partial charge is 0.357 e. The molecule has 0 aliphatic carbocycles. The fourth-order valence-corrected chi connectivity index (χ4v) is 3.38. The minimum absolute atomic E-state index is 0.277. The van der Waals surface area contributed by atoms with E-state index < -0.39 is 5.97 Å². The molecule has 3 aromatic carbocycles. The topological polar surface area (TPSA) is 44.1 Å². The highest BCUT2D eigenvalue weighted by atomic mass is 35.5. The first kappa shape index (κ1) is 19.0. The summed E-state index contributed by atoms with van der Waals surface area (Å²) >= 11 is 6.10. The van der Waals surface area contributed by atoms with Gasteiger partial charge in [-0.3, -0.25) is 0 Å². The van der Waals surface area contributed by atoms with Gasteiger partial charge >= 0.3 is 5.97 Å². The van der Waals surface area contributed by atoms with Crippen molar-refractivity contribution in [2.45, 2.75) is 6.92 Å². The molecule has 0 saturated carbocycles. The van der Waals surface area contributed by atoms with Crippen LogP contribution in [0.15, 0.2) is 84.9 Å². The SMILES string of the molecule is CCOC(=O)c1c(-c2ccc(Cl)cc2)c(-c2ccccc2)nn1-c1ccccc1. The van der Waals surface area contributed by atoms with Crippen molar-refractivity contribution >= 4 is 17.6 Å². The molecule has 4 rings (SSSR count). The molecule has 0 bridgehead atoms. The molecule has 0 atom stereocenters. The molecule has 0 fully saturated rings. The number of ether oxygens (including phenoxy) is 1. The fourth-order valence-electron chi connectivity index (χ4n) is 3.25. The Kier molecular flexibility index (Phi) is 5.45. The molecule has 0 spiro atoms. The average molecular weight is 403 g/mol. The van der Waals surface area contributed by atoms with Crippen molar-refractivity contribution in [2.75, 3.05) is 6.61 Å². The van der Waals surface area contributed by atoms with Gasteiger partial charge in [0.05, 0.1) is 12.3 Å². The van der Waals surface area contributed by atoms with Crippen LogP contribution >= 0.6 is 11.6 Å². The lowest BCUT2D eigenvalue weighted by atomic mass is 9.99. The van der Waals surface area contributed by atoms with Crippen LogP contribution < -0.4 is 0 Å². The molecule has 0 radical (unpaired) electrons. The van der Waals surface area contributed by atoms with Gasteiger partial charge in [-0.15, -0.1) is 0 Å². The Morgan fingerprint density at radius 3 is 2.14 bits per heavy atom. The summed E-state index contributed by atoms with van der Waals surface area (Å²) in [6, 6.07) is 26.8. The quantitative estimate of drug-likeness (QED) is 0.382. The van der Waals surface area contributed by atoms with Crippen LogP contribution in [0.2, 0.25) is 5.02 Å². The Bertz CT molecular complexity index is 1120. The van der Waals surface area contributed by atoms with Gasteiger partial charge in [-0.1, -0.05) is 72.3 Å². The average Bonchev–Trinajstić information content (AvgIpc) is 3.16. The summed E-state index contributed by atoms with van der Waals surface area (Å²) in [6.07, 6.45) is 0. The molecule has 0 unspecified atom stereocenters. The molecule has 1 heterocycles. The fraction of sp³-hybridized carbons (Fsp3) is 0.0833. The Morgan fingerprint density at radius 1 is 0.897 bits per heavy atom. The first-order valence-electron chi connectivity index (χ1n) is 9.36. The second-order valence-electron chi connectivity index (χ2n) is 6.41. The number of carbonyl (C=O) groups is 1. The van der Waals surface area contributed by atoms with Gasteiger partial charge in [0.2, 0.25) is 0 Å². The maximum Gasteiger partial charge on any atom is 0.357 e. The summed E-state index contributed by atoms with van der Waals surface area (Å²) in [5.74, 6) is -0.420. The first-order chi connectivity index (χ1) is 14.2. The van der Waals surface area contributed by atoms with E-state index in [9.17, 15) is 4.79 Å². The predicted octanol–water partition coefficient (Wildman–Crippen LogP) is 6.04. The van der Waals surface area contributed by atoms with Gasteiger partial charge in [-0.2, -0.15) is 5.10 Å². The van der Waals surface area contributed by atoms with Gasteiger partial charge in [0.1, 0.15) is 5.69 Å². The predicted molar refractivity (Wildman–Crippen MR) is 115 cm³/mol. The van der Waals surface area contributed by atoms with Crippen LogP contribution in [0, 0.1) is 0 Å². The highest BCUT2D eigenvalue weighted by molar-refractivity contribution is 6.30. The minimum atomic E-state index is -0.420. The molecule has 5 heteroatoms. The molecule has 144 valence electrons. The van der Waals surface area contributed by atoms with Crippen LogP contribution in [0.5, 0.6) is 0 Å². The monoisotopic (exact) mass is 402 g/mol. The van der Waals surface area contributed by atoms with E-state index in [4.69, 9.17) is 21.4 Å². The van der Waals surface area contributed by atoms with E-state index in [2.05, 4.69) is 0 Å². The van der Waals surface area contributed by atoms with Crippen LogP contribution in [0.4, 0.5) is 0 Å². The zero-order chi connectivity index (χ0) is 20.2. The van der Waals surface area contributed by atoms with E-state index in [1.54, 1.807) is 23.7 Å². The van der Waals surface area contributed by atoms with E-state index in [1.807, 2.05) is 72.8 Å². The molecule has 4 nitrogen and oxygen atoms in total. The second kappa shape index (κ2) is 8.33. The van der Waals surface area contributed by atoms with Gasteiger partial charge < -0.3 is 4.74 Å². The number of benzene rings is 3. The van der Waals surface area contributed by atoms with Crippen LogP contribution in [0.25, 0.3) is 28.1 Å². The number of para-hydroxylation sites is 1. The van der Waals surface area contributed by atoms with E-state index in [0.717, 1.165) is 22.4 Å². The third kappa shape index (κ3) is 3.80. The van der Waals surface area contributed by atoms with Crippen molar-refractivity contribution in [3.63, 3.8) is 0 Å².